The van der Waals surface area contributed by atoms with E-state index in [1.165, 1.54) is 32.4 Å². The summed E-state index contributed by atoms with van der Waals surface area (Å²) in [5.41, 5.74) is 5.51. The highest BCUT2D eigenvalue weighted by Gasteiger charge is 2.16. The second kappa shape index (κ2) is 7.50. The van der Waals surface area contributed by atoms with Crippen molar-refractivity contribution >= 4 is 5.84 Å². The minimum atomic E-state index is 0.0949. The van der Waals surface area contributed by atoms with Gasteiger partial charge in [-0.25, -0.2) is 0 Å². The van der Waals surface area contributed by atoms with Gasteiger partial charge in [0.1, 0.15) is 5.84 Å². The standard InChI is InChI=1S/C12H26N4O/c1-10(12(13)15-17)9-14-6-3-11-4-7-16(2)8-5-11/h10-11,14,17H,3-9H2,1-2H3,(H2,13,15). The van der Waals surface area contributed by atoms with Gasteiger partial charge in [0, 0.05) is 12.5 Å². The summed E-state index contributed by atoms with van der Waals surface area (Å²) in [7, 11) is 2.19. The molecule has 5 heteroatoms. The number of rotatable bonds is 6. The number of nitrogens with one attached hydrogen (secondary N) is 1. The van der Waals surface area contributed by atoms with Crippen molar-refractivity contribution in [3.05, 3.63) is 0 Å². The normalized spacial score (nSPS) is 21.6. The molecule has 0 bridgehead atoms. The minimum Gasteiger partial charge on any atom is -0.409 e. The Morgan fingerprint density at radius 2 is 2.18 bits per heavy atom. The highest BCUT2D eigenvalue weighted by Crippen LogP contribution is 2.18. The lowest BCUT2D eigenvalue weighted by Crippen LogP contribution is -2.34. The van der Waals surface area contributed by atoms with Crippen LogP contribution in [0, 0.1) is 11.8 Å². The molecule has 1 atom stereocenters. The van der Waals surface area contributed by atoms with Crippen LogP contribution in [0.5, 0.6) is 0 Å². The van der Waals surface area contributed by atoms with Gasteiger partial charge < -0.3 is 21.2 Å². The molecule has 100 valence electrons. The number of nitrogens with two attached hydrogens (primary N) is 1. The first-order valence-electron chi connectivity index (χ1n) is 6.50. The molecule has 0 aromatic carbocycles. The van der Waals surface area contributed by atoms with E-state index in [0.29, 0.717) is 5.84 Å². The number of oxime groups is 1. The lowest BCUT2D eigenvalue weighted by molar-refractivity contribution is 0.211. The van der Waals surface area contributed by atoms with Crippen molar-refractivity contribution in [3.63, 3.8) is 0 Å². The molecule has 5 nitrogen and oxygen atoms in total. The smallest absolute Gasteiger partial charge is 0.143 e. The van der Waals surface area contributed by atoms with E-state index in [2.05, 4.69) is 22.4 Å². The second-order valence-corrected chi connectivity index (χ2v) is 5.17. The van der Waals surface area contributed by atoms with E-state index in [1.54, 1.807) is 0 Å². The molecule has 1 saturated heterocycles. The molecular weight excluding hydrogens is 216 g/mol. The molecule has 0 amide bonds. The van der Waals surface area contributed by atoms with Crippen molar-refractivity contribution < 1.29 is 5.21 Å². The van der Waals surface area contributed by atoms with Crippen LogP contribution < -0.4 is 11.1 Å². The largest absolute Gasteiger partial charge is 0.409 e. The quantitative estimate of drug-likeness (QED) is 0.211. The SMILES string of the molecule is CC(CNCCC1CCN(C)CC1)C(N)=NO. The van der Waals surface area contributed by atoms with Gasteiger partial charge in [0.15, 0.2) is 0 Å². The summed E-state index contributed by atoms with van der Waals surface area (Å²) >= 11 is 0. The molecule has 1 heterocycles. The van der Waals surface area contributed by atoms with Crippen LogP contribution in [-0.2, 0) is 0 Å². The molecule has 1 unspecified atom stereocenters. The van der Waals surface area contributed by atoms with Gasteiger partial charge in [-0.15, -0.1) is 0 Å². The van der Waals surface area contributed by atoms with Crippen LogP contribution in [0.1, 0.15) is 26.2 Å². The number of hydrogen-bond acceptors (Lipinski definition) is 4. The fourth-order valence-electron chi connectivity index (χ4n) is 2.18. The summed E-state index contributed by atoms with van der Waals surface area (Å²) in [6.07, 6.45) is 3.86. The summed E-state index contributed by atoms with van der Waals surface area (Å²) in [5.74, 6) is 1.26. The number of hydrogen-bond donors (Lipinski definition) is 3. The summed E-state index contributed by atoms with van der Waals surface area (Å²) < 4.78 is 0. The summed E-state index contributed by atoms with van der Waals surface area (Å²) in [4.78, 5) is 2.39. The van der Waals surface area contributed by atoms with Crippen molar-refractivity contribution in [1.82, 2.24) is 10.2 Å². The Morgan fingerprint density at radius 3 is 2.76 bits per heavy atom. The minimum absolute atomic E-state index is 0.0949. The van der Waals surface area contributed by atoms with Crippen LogP contribution in [0.4, 0.5) is 0 Å². The molecule has 0 radical (unpaired) electrons. The number of nitrogens with zero attached hydrogens (tertiary/aromatic N) is 2. The predicted molar refractivity (Wildman–Crippen MR) is 70.3 cm³/mol. The first-order valence-corrected chi connectivity index (χ1v) is 6.50. The van der Waals surface area contributed by atoms with Crippen molar-refractivity contribution in [3.8, 4) is 0 Å². The third-order valence-corrected chi connectivity index (χ3v) is 3.64. The Kier molecular flexibility index (Phi) is 6.29. The Morgan fingerprint density at radius 1 is 1.53 bits per heavy atom. The molecule has 1 fully saturated rings. The molecule has 17 heavy (non-hydrogen) atoms. The topological polar surface area (TPSA) is 73.9 Å². The highest BCUT2D eigenvalue weighted by molar-refractivity contribution is 5.82. The second-order valence-electron chi connectivity index (χ2n) is 5.17. The maximum absolute atomic E-state index is 8.52. The summed E-state index contributed by atoms with van der Waals surface area (Å²) in [6.45, 7) is 6.22. The summed E-state index contributed by atoms with van der Waals surface area (Å²) in [6, 6.07) is 0. The molecule has 4 N–H and O–H groups in total. The van der Waals surface area contributed by atoms with Crippen LogP contribution in [0.2, 0.25) is 0 Å². The van der Waals surface area contributed by atoms with Gasteiger partial charge in [-0.3, -0.25) is 0 Å². The van der Waals surface area contributed by atoms with Gasteiger partial charge in [-0.1, -0.05) is 12.1 Å². The van der Waals surface area contributed by atoms with Crippen molar-refractivity contribution in [2.45, 2.75) is 26.2 Å². The fourth-order valence-corrected chi connectivity index (χ4v) is 2.18. The van der Waals surface area contributed by atoms with Crippen LogP contribution in [0.25, 0.3) is 0 Å². The van der Waals surface area contributed by atoms with Gasteiger partial charge in [0.05, 0.1) is 0 Å². The average molecular weight is 242 g/mol. The van der Waals surface area contributed by atoms with Crippen LogP contribution in [-0.4, -0.2) is 49.2 Å². The molecule has 0 spiro atoms. The molecule has 0 aromatic rings. The Labute approximate surface area is 104 Å². The van der Waals surface area contributed by atoms with Crippen molar-refractivity contribution in [2.24, 2.45) is 22.7 Å². The van der Waals surface area contributed by atoms with Crippen LogP contribution in [0.3, 0.4) is 0 Å². The molecular formula is C12H26N4O. The molecule has 0 aliphatic carbocycles. The lowest BCUT2D eigenvalue weighted by atomic mass is 9.94. The van der Waals surface area contributed by atoms with E-state index >= 15 is 0 Å². The van der Waals surface area contributed by atoms with Gasteiger partial charge in [-0.2, -0.15) is 0 Å². The first-order chi connectivity index (χ1) is 8.13. The van der Waals surface area contributed by atoms with E-state index in [-0.39, 0.29) is 5.92 Å². The zero-order chi connectivity index (χ0) is 12.7. The molecule has 1 rings (SSSR count). The zero-order valence-corrected chi connectivity index (χ0v) is 11.0. The first kappa shape index (κ1) is 14.3. The van der Waals surface area contributed by atoms with E-state index in [4.69, 9.17) is 10.9 Å². The van der Waals surface area contributed by atoms with Crippen molar-refractivity contribution in [1.29, 1.82) is 0 Å². The Balaban J connectivity index is 2.04. The third-order valence-electron chi connectivity index (χ3n) is 3.64. The zero-order valence-electron chi connectivity index (χ0n) is 11.0. The molecule has 0 saturated carbocycles. The maximum Gasteiger partial charge on any atom is 0.143 e. The van der Waals surface area contributed by atoms with Gasteiger partial charge in [0.25, 0.3) is 0 Å². The van der Waals surface area contributed by atoms with E-state index in [9.17, 15) is 0 Å². The monoisotopic (exact) mass is 242 g/mol. The van der Waals surface area contributed by atoms with Gasteiger partial charge in [0.2, 0.25) is 0 Å². The number of piperidine rings is 1. The molecule has 1 aliphatic heterocycles. The molecule has 0 aromatic heterocycles. The van der Waals surface area contributed by atoms with Gasteiger partial charge >= 0.3 is 0 Å². The van der Waals surface area contributed by atoms with Crippen LogP contribution in [0.15, 0.2) is 5.16 Å². The highest BCUT2D eigenvalue weighted by atomic mass is 16.4. The molecule has 1 aliphatic rings. The van der Waals surface area contributed by atoms with Crippen LogP contribution >= 0.6 is 0 Å². The number of likely N-dealkylation sites (tertiary alicyclic amines) is 1. The maximum atomic E-state index is 8.52. The number of amidine groups is 1. The fraction of sp³-hybridized carbons (Fsp3) is 0.917. The third kappa shape index (κ3) is 5.37. The van der Waals surface area contributed by atoms with Crippen molar-refractivity contribution in [2.75, 3.05) is 33.2 Å². The van der Waals surface area contributed by atoms with E-state index in [1.807, 2.05) is 6.92 Å². The van der Waals surface area contributed by atoms with E-state index in [0.717, 1.165) is 19.0 Å². The average Bonchev–Trinajstić information content (AvgIpc) is 2.35. The Bertz CT molecular complexity index is 237. The van der Waals surface area contributed by atoms with Gasteiger partial charge in [-0.05, 0) is 51.9 Å². The Hall–Kier alpha value is -0.810. The lowest BCUT2D eigenvalue weighted by Gasteiger charge is -2.29. The predicted octanol–water partition coefficient (Wildman–Crippen LogP) is 0.690. The van der Waals surface area contributed by atoms with E-state index < -0.39 is 0 Å². The summed E-state index contributed by atoms with van der Waals surface area (Å²) in [5, 5.41) is 14.9.